The van der Waals surface area contributed by atoms with E-state index in [-0.39, 0.29) is 5.41 Å². The topological polar surface area (TPSA) is 29.1 Å². The predicted molar refractivity (Wildman–Crippen MR) is 124 cm³/mol. The highest BCUT2D eigenvalue weighted by molar-refractivity contribution is 5.83. The zero-order valence-electron chi connectivity index (χ0n) is 19.6. The molecule has 1 fully saturated rings. The Bertz CT molecular complexity index is 375. The summed E-state index contributed by atoms with van der Waals surface area (Å²) in [6.07, 6.45) is 24.8. The van der Waals surface area contributed by atoms with Crippen molar-refractivity contribution in [3.8, 4) is 0 Å². The lowest BCUT2D eigenvalue weighted by molar-refractivity contribution is -0.136. The molecule has 1 aliphatic rings. The van der Waals surface area contributed by atoms with Crippen molar-refractivity contribution in [2.75, 3.05) is 6.54 Å². The molecule has 0 saturated heterocycles. The zero-order chi connectivity index (χ0) is 20.5. The van der Waals surface area contributed by atoms with Crippen molar-refractivity contribution in [2.45, 2.75) is 143 Å². The van der Waals surface area contributed by atoms with E-state index in [2.05, 4.69) is 26.1 Å². The van der Waals surface area contributed by atoms with Gasteiger partial charge in [0.2, 0.25) is 5.91 Å². The van der Waals surface area contributed by atoms with Gasteiger partial charge < -0.3 is 5.32 Å². The Morgan fingerprint density at radius 2 is 1.18 bits per heavy atom. The van der Waals surface area contributed by atoms with Crippen LogP contribution < -0.4 is 5.32 Å². The molecule has 1 aliphatic carbocycles. The van der Waals surface area contributed by atoms with Crippen LogP contribution in [0.15, 0.2) is 0 Å². The first-order valence-electron chi connectivity index (χ1n) is 13.0. The quantitative estimate of drug-likeness (QED) is 0.248. The largest absolute Gasteiger partial charge is 0.356 e. The van der Waals surface area contributed by atoms with E-state index >= 15 is 0 Å². The summed E-state index contributed by atoms with van der Waals surface area (Å²) < 4.78 is 0. The monoisotopic (exact) mass is 393 g/mol. The van der Waals surface area contributed by atoms with Crippen LogP contribution in [0.5, 0.6) is 0 Å². The van der Waals surface area contributed by atoms with E-state index in [9.17, 15) is 4.79 Å². The van der Waals surface area contributed by atoms with Crippen LogP contribution in [0, 0.1) is 11.3 Å². The van der Waals surface area contributed by atoms with Crippen LogP contribution >= 0.6 is 0 Å². The molecule has 28 heavy (non-hydrogen) atoms. The average molecular weight is 394 g/mol. The molecule has 0 bridgehead atoms. The molecule has 166 valence electrons. The van der Waals surface area contributed by atoms with Crippen LogP contribution in [0.3, 0.4) is 0 Å². The van der Waals surface area contributed by atoms with Gasteiger partial charge in [-0.1, -0.05) is 110 Å². The lowest BCUT2D eigenvalue weighted by atomic mass is 9.63. The van der Waals surface area contributed by atoms with E-state index in [0.29, 0.717) is 11.8 Å². The van der Waals surface area contributed by atoms with E-state index in [1.165, 1.54) is 109 Å². The highest BCUT2D eigenvalue weighted by Gasteiger charge is 2.44. The summed E-state index contributed by atoms with van der Waals surface area (Å²) in [4.78, 5) is 13.4. The number of carbonyl (C=O) groups excluding carboxylic acids is 1. The summed E-state index contributed by atoms with van der Waals surface area (Å²) >= 11 is 0. The maximum absolute atomic E-state index is 13.4. The molecule has 1 amide bonds. The van der Waals surface area contributed by atoms with Gasteiger partial charge >= 0.3 is 0 Å². The smallest absolute Gasteiger partial charge is 0.226 e. The summed E-state index contributed by atoms with van der Waals surface area (Å²) in [7, 11) is 0. The average Bonchev–Trinajstić information content (AvgIpc) is 2.72. The van der Waals surface area contributed by atoms with E-state index < -0.39 is 0 Å². The minimum absolute atomic E-state index is 0.0770. The Labute approximate surface area is 177 Å². The number of amides is 1. The van der Waals surface area contributed by atoms with Gasteiger partial charge in [0.15, 0.2) is 0 Å². The molecule has 1 unspecified atom stereocenters. The van der Waals surface area contributed by atoms with Crippen molar-refractivity contribution >= 4 is 5.91 Å². The zero-order valence-corrected chi connectivity index (χ0v) is 19.6. The third-order valence-electron chi connectivity index (χ3n) is 7.13. The highest BCUT2D eigenvalue weighted by Crippen LogP contribution is 2.46. The summed E-state index contributed by atoms with van der Waals surface area (Å²) in [5, 5.41) is 3.26. The number of nitrogens with one attached hydrogen (secondary N) is 1. The highest BCUT2D eigenvalue weighted by atomic mass is 16.2. The Morgan fingerprint density at radius 1 is 0.714 bits per heavy atom. The van der Waals surface area contributed by atoms with E-state index in [0.717, 1.165) is 19.4 Å². The van der Waals surface area contributed by atoms with Gasteiger partial charge in [-0.25, -0.2) is 0 Å². The van der Waals surface area contributed by atoms with Crippen molar-refractivity contribution < 1.29 is 4.79 Å². The van der Waals surface area contributed by atoms with E-state index in [1.54, 1.807) is 0 Å². The third kappa shape index (κ3) is 9.31. The molecule has 0 aromatic carbocycles. The van der Waals surface area contributed by atoms with E-state index in [1.807, 2.05) is 0 Å². The Morgan fingerprint density at radius 3 is 1.68 bits per heavy atom. The summed E-state index contributed by atoms with van der Waals surface area (Å²) in [6, 6.07) is 0. The first-order chi connectivity index (χ1) is 13.7. The minimum atomic E-state index is -0.0770. The lowest BCUT2D eigenvalue weighted by Gasteiger charge is -2.42. The molecular formula is C26H51NO. The molecule has 2 nitrogen and oxygen atoms in total. The second kappa shape index (κ2) is 16.3. The molecule has 1 saturated carbocycles. The normalized spacial score (nSPS) is 17.4. The molecule has 2 heteroatoms. The Kier molecular flexibility index (Phi) is 14.8. The predicted octanol–water partition coefficient (Wildman–Crippen LogP) is 8.19. The standard InChI is InChI=1S/C26H51NO/c1-4-7-9-11-12-13-14-19-23-26(25(28)27-6-3,22-18-10-8-5-2)24-20-16-15-17-21-24/h24H,4-23H2,1-3H3,(H,27,28). The van der Waals surface area contributed by atoms with Crippen LogP contribution in [0.25, 0.3) is 0 Å². The number of unbranched alkanes of at least 4 members (excludes halogenated alkanes) is 10. The fraction of sp³-hybridized carbons (Fsp3) is 0.962. The first kappa shape index (κ1) is 25.5. The third-order valence-corrected chi connectivity index (χ3v) is 7.13. The van der Waals surface area contributed by atoms with Crippen LogP contribution in [0.1, 0.15) is 143 Å². The molecule has 1 rings (SSSR count). The lowest BCUT2D eigenvalue weighted by Crippen LogP contribution is -2.46. The van der Waals surface area contributed by atoms with Crippen molar-refractivity contribution in [1.29, 1.82) is 0 Å². The Hall–Kier alpha value is -0.530. The molecule has 1 N–H and O–H groups in total. The Balaban J connectivity index is 2.65. The molecule has 0 aliphatic heterocycles. The van der Waals surface area contributed by atoms with Crippen LogP contribution in [0.2, 0.25) is 0 Å². The first-order valence-corrected chi connectivity index (χ1v) is 13.0. The molecule has 0 heterocycles. The maximum atomic E-state index is 13.4. The SMILES string of the molecule is CCCCCCCCCCC(CCCCCC)(C(=O)NCC)C1CCCCC1. The summed E-state index contributed by atoms with van der Waals surface area (Å²) in [5.74, 6) is 1.01. The molecule has 0 aromatic rings. The van der Waals surface area contributed by atoms with E-state index in [4.69, 9.17) is 0 Å². The minimum Gasteiger partial charge on any atom is -0.356 e. The number of hydrogen-bond acceptors (Lipinski definition) is 1. The van der Waals surface area contributed by atoms with Crippen LogP contribution in [-0.4, -0.2) is 12.5 Å². The van der Waals surface area contributed by atoms with Gasteiger partial charge in [-0.05, 0) is 38.5 Å². The maximum Gasteiger partial charge on any atom is 0.226 e. The molecule has 0 radical (unpaired) electrons. The van der Waals surface area contributed by atoms with Gasteiger partial charge in [-0.15, -0.1) is 0 Å². The van der Waals surface area contributed by atoms with Gasteiger partial charge in [0.25, 0.3) is 0 Å². The molecule has 1 atom stereocenters. The second-order valence-corrected chi connectivity index (χ2v) is 9.39. The molecule has 0 spiro atoms. The van der Waals surface area contributed by atoms with Gasteiger partial charge in [0.1, 0.15) is 0 Å². The van der Waals surface area contributed by atoms with Crippen molar-refractivity contribution in [2.24, 2.45) is 11.3 Å². The number of rotatable bonds is 17. The van der Waals surface area contributed by atoms with Gasteiger partial charge in [-0.3, -0.25) is 4.79 Å². The van der Waals surface area contributed by atoms with Crippen LogP contribution in [0.4, 0.5) is 0 Å². The summed E-state index contributed by atoms with van der Waals surface area (Å²) in [6.45, 7) is 7.42. The molecule has 0 aromatic heterocycles. The van der Waals surface area contributed by atoms with Crippen molar-refractivity contribution in [1.82, 2.24) is 5.32 Å². The second-order valence-electron chi connectivity index (χ2n) is 9.39. The number of carbonyl (C=O) groups is 1. The van der Waals surface area contributed by atoms with Gasteiger partial charge in [0.05, 0.1) is 5.41 Å². The van der Waals surface area contributed by atoms with Crippen molar-refractivity contribution in [3.63, 3.8) is 0 Å². The van der Waals surface area contributed by atoms with Crippen molar-refractivity contribution in [3.05, 3.63) is 0 Å². The van der Waals surface area contributed by atoms with Crippen LogP contribution in [-0.2, 0) is 4.79 Å². The van der Waals surface area contributed by atoms with Gasteiger partial charge in [0, 0.05) is 6.54 Å². The fourth-order valence-corrected chi connectivity index (χ4v) is 5.38. The number of hydrogen-bond donors (Lipinski definition) is 1. The molecular weight excluding hydrogens is 342 g/mol. The summed E-state index contributed by atoms with van der Waals surface area (Å²) in [5.41, 5.74) is -0.0770. The van der Waals surface area contributed by atoms with Gasteiger partial charge in [-0.2, -0.15) is 0 Å². The fourth-order valence-electron chi connectivity index (χ4n) is 5.38.